The molecule has 2 rings (SSSR count). The SMILES string of the molecule is O=C(O)COc1ccc(OC(CO)NCCCOc2ccccc2)cc1. The molecule has 0 spiro atoms. The Labute approximate surface area is 152 Å². The molecule has 0 saturated heterocycles. The summed E-state index contributed by atoms with van der Waals surface area (Å²) in [5.74, 6) is 0.768. The van der Waals surface area contributed by atoms with Crippen LogP contribution in [0.2, 0.25) is 0 Å². The minimum Gasteiger partial charge on any atom is -0.494 e. The summed E-state index contributed by atoms with van der Waals surface area (Å²) in [5.41, 5.74) is 0. The first-order valence-electron chi connectivity index (χ1n) is 8.31. The molecular weight excluding hydrogens is 338 g/mol. The number of aliphatic carboxylic acids is 1. The number of rotatable bonds is 12. The fourth-order valence-electron chi connectivity index (χ4n) is 2.11. The second-order valence-corrected chi connectivity index (χ2v) is 5.41. The lowest BCUT2D eigenvalue weighted by atomic mass is 10.3. The predicted molar refractivity (Wildman–Crippen MR) is 95.6 cm³/mol. The van der Waals surface area contributed by atoms with E-state index in [4.69, 9.17) is 19.3 Å². The summed E-state index contributed by atoms with van der Waals surface area (Å²) in [6.07, 6.45) is 0.217. The Balaban J connectivity index is 1.67. The van der Waals surface area contributed by atoms with Crippen LogP contribution in [0.3, 0.4) is 0 Å². The van der Waals surface area contributed by atoms with E-state index in [-0.39, 0.29) is 6.61 Å². The van der Waals surface area contributed by atoms with Crippen LogP contribution in [0.5, 0.6) is 17.2 Å². The molecule has 7 heteroatoms. The number of carboxylic acids is 1. The zero-order valence-corrected chi connectivity index (χ0v) is 14.3. The number of aliphatic hydroxyl groups excluding tert-OH is 1. The molecule has 0 bridgehead atoms. The first-order valence-corrected chi connectivity index (χ1v) is 8.31. The van der Waals surface area contributed by atoms with Gasteiger partial charge in [-0.3, -0.25) is 5.32 Å². The fraction of sp³-hybridized carbons (Fsp3) is 0.316. The van der Waals surface area contributed by atoms with Gasteiger partial charge in [-0.1, -0.05) is 18.2 Å². The van der Waals surface area contributed by atoms with Crippen LogP contribution >= 0.6 is 0 Å². The number of ether oxygens (including phenoxy) is 3. The summed E-state index contributed by atoms with van der Waals surface area (Å²) in [6, 6.07) is 16.1. The van der Waals surface area contributed by atoms with Gasteiger partial charge in [0.15, 0.2) is 12.8 Å². The van der Waals surface area contributed by atoms with Crippen molar-refractivity contribution in [2.24, 2.45) is 0 Å². The van der Waals surface area contributed by atoms with Gasteiger partial charge in [-0.2, -0.15) is 0 Å². The average molecular weight is 361 g/mol. The maximum absolute atomic E-state index is 10.5. The van der Waals surface area contributed by atoms with Crippen LogP contribution in [0, 0.1) is 0 Å². The van der Waals surface area contributed by atoms with E-state index in [2.05, 4.69) is 5.32 Å². The summed E-state index contributed by atoms with van der Waals surface area (Å²) in [5, 5.41) is 21.1. The topological polar surface area (TPSA) is 97.3 Å². The van der Waals surface area contributed by atoms with Crippen molar-refractivity contribution in [2.75, 3.05) is 26.4 Å². The monoisotopic (exact) mass is 361 g/mol. The third-order valence-corrected chi connectivity index (χ3v) is 3.34. The molecule has 1 atom stereocenters. The first-order chi connectivity index (χ1) is 12.7. The highest BCUT2D eigenvalue weighted by atomic mass is 16.5. The van der Waals surface area contributed by atoms with Gasteiger partial charge in [0.2, 0.25) is 0 Å². The molecule has 7 nitrogen and oxygen atoms in total. The van der Waals surface area contributed by atoms with Gasteiger partial charge in [0, 0.05) is 6.54 Å². The van der Waals surface area contributed by atoms with Crippen molar-refractivity contribution in [1.29, 1.82) is 0 Å². The average Bonchev–Trinajstić information content (AvgIpc) is 2.67. The lowest BCUT2D eigenvalue weighted by Gasteiger charge is -2.18. The number of benzene rings is 2. The third kappa shape index (κ3) is 7.42. The normalized spacial score (nSPS) is 11.6. The maximum Gasteiger partial charge on any atom is 0.341 e. The number of aliphatic hydroxyl groups is 1. The minimum absolute atomic E-state index is 0.184. The molecule has 0 saturated carbocycles. The molecular formula is C19H23NO6. The van der Waals surface area contributed by atoms with Crippen LogP contribution in [0.15, 0.2) is 54.6 Å². The van der Waals surface area contributed by atoms with Crippen LogP contribution in [0.1, 0.15) is 6.42 Å². The zero-order chi connectivity index (χ0) is 18.6. The van der Waals surface area contributed by atoms with Crippen molar-refractivity contribution in [3.05, 3.63) is 54.6 Å². The van der Waals surface area contributed by atoms with Gasteiger partial charge >= 0.3 is 5.97 Å². The number of carboxylic acid groups (broad SMARTS) is 1. The molecule has 140 valence electrons. The van der Waals surface area contributed by atoms with Gasteiger partial charge in [0.25, 0.3) is 0 Å². The van der Waals surface area contributed by atoms with E-state index < -0.39 is 18.8 Å². The molecule has 0 aliphatic carbocycles. The Bertz CT molecular complexity index is 647. The van der Waals surface area contributed by atoms with Crippen molar-refractivity contribution >= 4 is 5.97 Å². The number of para-hydroxylation sites is 1. The van der Waals surface area contributed by atoms with E-state index in [0.29, 0.717) is 24.7 Å². The summed E-state index contributed by atoms with van der Waals surface area (Å²) in [7, 11) is 0. The summed E-state index contributed by atoms with van der Waals surface area (Å²) >= 11 is 0. The molecule has 0 amide bonds. The Morgan fingerprint density at radius 2 is 1.62 bits per heavy atom. The molecule has 2 aromatic carbocycles. The molecule has 0 aromatic heterocycles. The van der Waals surface area contributed by atoms with E-state index in [0.717, 1.165) is 12.2 Å². The summed E-state index contributed by atoms with van der Waals surface area (Å²) in [4.78, 5) is 10.5. The first kappa shape index (κ1) is 19.6. The standard InChI is InChI=1S/C19H23NO6/c21-13-18(20-11-4-12-24-15-5-2-1-3-6-15)26-17-9-7-16(8-10-17)25-14-19(22)23/h1-3,5-10,18,20-21H,4,11-14H2,(H,22,23). The number of hydrogen-bond donors (Lipinski definition) is 3. The Morgan fingerprint density at radius 1 is 0.962 bits per heavy atom. The Kier molecular flexibility index (Phi) is 8.25. The molecule has 0 fully saturated rings. The smallest absolute Gasteiger partial charge is 0.341 e. The number of carbonyl (C=O) groups is 1. The quantitative estimate of drug-likeness (QED) is 0.392. The Morgan fingerprint density at radius 3 is 2.27 bits per heavy atom. The van der Waals surface area contributed by atoms with E-state index in [1.54, 1.807) is 24.3 Å². The van der Waals surface area contributed by atoms with Gasteiger partial charge in [0.05, 0.1) is 13.2 Å². The van der Waals surface area contributed by atoms with Gasteiger partial charge in [0.1, 0.15) is 17.2 Å². The molecule has 26 heavy (non-hydrogen) atoms. The molecule has 0 aliphatic heterocycles. The van der Waals surface area contributed by atoms with E-state index in [1.165, 1.54) is 0 Å². The Hall–Kier alpha value is -2.77. The van der Waals surface area contributed by atoms with Crippen molar-refractivity contribution in [3.8, 4) is 17.2 Å². The highest BCUT2D eigenvalue weighted by Crippen LogP contribution is 2.18. The number of nitrogens with one attached hydrogen (secondary N) is 1. The van der Waals surface area contributed by atoms with Crippen LogP contribution in [0.25, 0.3) is 0 Å². The van der Waals surface area contributed by atoms with E-state index >= 15 is 0 Å². The van der Waals surface area contributed by atoms with Crippen molar-refractivity contribution in [1.82, 2.24) is 5.32 Å². The summed E-state index contributed by atoms with van der Waals surface area (Å²) in [6.45, 7) is 0.603. The minimum atomic E-state index is -1.04. The second kappa shape index (κ2) is 11.0. The molecule has 3 N–H and O–H groups in total. The highest BCUT2D eigenvalue weighted by molar-refractivity contribution is 5.68. The fourth-order valence-corrected chi connectivity index (χ4v) is 2.11. The lowest BCUT2D eigenvalue weighted by Crippen LogP contribution is -2.38. The van der Waals surface area contributed by atoms with Crippen molar-refractivity contribution < 1.29 is 29.2 Å². The van der Waals surface area contributed by atoms with Crippen LogP contribution in [-0.4, -0.2) is 48.8 Å². The van der Waals surface area contributed by atoms with E-state index in [1.807, 2.05) is 30.3 Å². The second-order valence-electron chi connectivity index (χ2n) is 5.41. The van der Waals surface area contributed by atoms with Crippen molar-refractivity contribution in [2.45, 2.75) is 12.6 Å². The molecule has 0 aliphatic rings. The van der Waals surface area contributed by atoms with Crippen LogP contribution in [-0.2, 0) is 4.79 Å². The maximum atomic E-state index is 10.5. The largest absolute Gasteiger partial charge is 0.494 e. The molecule has 2 aromatic rings. The molecule has 1 unspecified atom stereocenters. The highest BCUT2D eigenvalue weighted by Gasteiger charge is 2.08. The van der Waals surface area contributed by atoms with Crippen LogP contribution in [0.4, 0.5) is 0 Å². The van der Waals surface area contributed by atoms with Crippen LogP contribution < -0.4 is 19.5 Å². The van der Waals surface area contributed by atoms with Gasteiger partial charge < -0.3 is 24.4 Å². The zero-order valence-electron chi connectivity index (χ0n) is 14.3. The van der Waals surface area contributed by atoms with Gasteiger partial charge in [-0.05, 0) is 42.8 Å². The predicted octanol–water partition coefficient (Wildman–Crippen LogP) is 1.91. The number of hydrogen-bond acceptors (Lipinski definition) is 6. The van der Waals surface area contributed by atoms with Crippen molar-refractivity contribution in [3.63, 3.8) is 0 Å². The molecule has 0 heterocycles. The lowest BCUT2D eigenvalue weighted by molar-refractivity contribution is -0.139. The molecule has 0 radical (unpaired) electrons. The summed E-state index contributed by atoms with van der Waals surface area (Å²) < 4.78 is 16.3. The third-order valence-electron chi connectivity index (χ3n) is 3.34. The van der Waals surface area contributed by atoms with Gasteiger partial charge in [-0.25, -0.2) is 4.79 Å². The van der Waals surface area contributed by atoms with Gasteiger partial charge in [-0.15, -0.1) is 0 Å². The van der Waals surface area contributed by atoms with E-state index in [9.17, 15) is 9.90 Å².